The van der Waals surface area contributed by atoms with Gasteiger partial charge in [-0.15, -0.1) is 0 Å². The third-order valence-electron chi connectivity index (χ3n) is 2.99. The molecule has 0 radical (unpaired) electrons. The minimum atomic E-state index is -0.216. The number of hydrogen-bond acceptors (Lipinski definition) is 1. The van der Waals surface area contributed by atoms with Crippen molar-refractivity contribution in [3.8, 4) is 11.1 Å². The van der Waals surface area contributed by atoms with Gasteiger partial charge in [0.2, 0.25) is 0 Å². The van der Waals surface area contributed by atoms with Crippen molar-refractivity contribution in [1.29, 1.82) is 0 Å². The summed E-state index contributed by atoms with van der Waals surface area (Å²) in [5, 5.41) is 4.36. The normalized spacial score (nSPS) is 11.1. The number of benzene rings is 2. The fourth-order valence-corrected chi connectivity index (χ4v) is 2.43. The summed E-state index contributed by atoms with van der Waals surface area (Å²) in [5.41, 5.74) is 2.36. The van der Waals surface area contributed by atoms with Crippen molar-refractivity contribution in [3.63, 3.8) is 0 Å². The molecule has 4 heteroatoms. The predicted molar refractivity (Wildman–Crippen MR) is 83.8 cm³/mol. The molecule has 0 atom stereocenters. The molecule has 2 aromatic carbocycles. The van der Waals surface area contributed by atoms with Crippen LogP contribution in [0.4, 0.5) is 4.39 Å². The molecule has 0 aliphatic rings. The number of rotatable bonds is 4. The van der Waals surface area contributed by atoms with Gasteiger partial charge in [-0.05, 0) is 29.8 Å². The molecule has 0 fully saturated rings. The maximum atomic E-state index is 13.8. The van der Waals surface area contributed by atoms with Gasteiger partial charge in [0.25, 0.3) is 0 Å². The minimum Gasteiger partial charge on any atom is -0.310 e. The number of nitrogens with one attached hydrogen (secondary N) is 1. The van der Waals surface area contributed by atoms with E-state index in [2.05, 4.69) is 5.32 Å². The maximum absolute atomic E-state index is 13.8. The van der Waals surface area contributed by atoms with Crippen molar-refractivity contribution < 1.29 is 4.39 Å². The zero-order chi connectivity index (χ0) is 14.7. The van der Waals surface area contributed by atoms with Crippen LogP contribution >= 0.6 is 23.2 Å². The van der Waals surface area contributed by atoms with E-state index < -0.39 is 0 Å². The summed E-state index contributed by atoms with van der Waals surface area (Å²) in [4.78, 5) is 0. The van der Waals surface area contributed by atoms with Gasteiger partial charge in [-0.3, -0.25) is 0 Å². The first-order valence-corrected chi connectivity index (χ1v) is 7.20. The summed E-state index contributed by atoms with van der Waals surface area (Å²) < 4.78 is 13.8. The molecule has 0 heterocycles. The molecule has 1 N–H and O–H groups in total. The topological polar surface area (TPSA) is 12.0 Å². The van der Waals surface area contributed by atoms with Crippen molar-refractivity contribution >= 4 is 23.2 Å². The third kappa shape index (κ3) is 3.72. The highest BCUT2D eigenvalue weighted by Crippen LogP contribution is 2.31. The number of halogens is 3. The Balaban J connectivity index is 2.35. The van der Waals surface area contributed by atoms with Crippen molar-refractivity contribution in [2.45, 2.75) is 26.4 Å². The third-order valence-corrected chi connectivity index (χ3v) is 3.54. The van der Waals surface area contributed by atoms with E-state index in [4.69, 9.17) is 23.2 Å². The first-order chi connectivity index (χ1) is 9.47. The van der Waals surface area contributed by atoms with E-state index in [-0.39, 0.29) is 5.82 Å². The summed E-state index contributed by atoms with van der Waals surface area (Å²) in [6, 6.07) is 10.6. The molecule has 0 amide bonds. The molecule has 2 aromatic rings. The van der Waals surface area contributed by atoms with Crippen LogP contribution in [-0.4, -0.2) is 6.04 Å². The molecule has 2 rings (SSSR count). The molecule has 0 bridgehead atoms. The van der Waals surface area contributed by atoms with Crippen LogP contribution in [-0.2, 0) is 6.54 Å². The second-order valence-corrected chi connectivity index (χ2v) is 5.81. The molecule has 0 unspecified atom stereocenters. The first-order valence-electron chi connectivity index (χ1n) is 6.44. The van der Waals surface area contributed by atoms with Gasteiger partial charge in [-0.25, -0.2) is 4.39 Å². The monoisotopic (exact) mass is 311 g/mol. The molecule has 0 aliphatic carbocycles. The Morgan fingerprint density at radius 1 is 1.10 bits per heavy atom. The van der Waals surface area contributed by atoms with Gasteiger partial charge in [0.1, 0.15) is 5.82 Å². The van der Waals surface area contributed by atoms with E-state index in [0.29, 0.717) is 28.2 Å². The fourth-order valence-electron chi connectivity index (χ4n) is 1.92. The van der Waals surface area contributed by atoms with Crippen molar-refractivity contribution in [3.05, 3.63) is 57.8 Å². The largest absolute Gasteiger partial charge is 0.310 e. The lowest BCUT2D eigenvalue weighted by atomic mass is 10.0. The second kappa shape index (κ2) is 6.57. The summed E-state index contributed by atoms with van der Waals surface area (Å²) in [6.45, 7) is 4.54. The minimum absolute atomic E-state index is 0.216. The summed E-state index contributed by atoms with van der Waals surface area (Å²) in [6.07, 6.45) is 0. The highest BCUT2D eigenvalue weighted by atomic mass is 35.5. The van der Waals surface area contributed by atoms with Crippen LogP contribution in [0.2, 0.25) is 10.0 Å². The molecular weight excluding hydrogens is 296 g/mol. The van der Waals surface area contributed by atoms with E-state index in [1.807, 2.05) is 26.0 Å². The SMILES string of the molecule is CC(C)NCc1cc(-c2ccc(Cl)cc2Cl)ccc1F. The van der Waals surface area contributed by atoms with E-state index in [1.165, 1.54) is 6.07 Å². The smallest absolute Gasteiger partial charge is 0.127 e. The average Bonchev–Trinajstić information content (AvgIpc) is 2.38. The molecule has 20 heavy (non-hydrogen) atoms. The van der Waals surface area contributed by atoms with Crippen molar-refractivity contribution in [1.82, 2.24) is 5.32 Å². The van der Waals surface area contributed by atoms with Gasteiger partial charge >= 0.3 is 0 Å². The summed E-state index contributed by atoms with van der Waals surface area (Å²) >= 11 is 12.1. The molecule has 0 aromatic heterocycles. The fraction of sp³-hybridized carbons (Fsp3) is 0.250. The quantitative estimate of drug-likeness (QED) is 0.808. The molecular formula is C16H16Cl2FN. The Labute approximate surface area is 128 Å². The van der Waals surface area contributed by atoms with Gasteiger partial charge < -0.3 is 5.32 Å². The second-order valence-electron chi connectivity index (χ2n) is 4.97. The lowest BCUT2D eigenvalue weighted by molar-refractivity contribution is 0.553. The lowest BCUT2D eigenvalue weighted by Crippen LogP contribution is -2.22. The van der Waals surface area contributed by atoms with Crippen molar-refractivity contribution in [2.24, 2.45) is 0 Å². The Kier molecular flexibility index (Phi) is 5.03. The Morgan fingerprint density at radius 2 is 1.85 bits per heavy atom. The zero-order valence-corrected chi connectivity index (χ0v) is 12.9. The molecule has 106 valence electrons. The molecule has 0 saturated heterocycles. The van der Waals surface area contributed by atoms with Gasteiger partial charge in [0.15, 0.2) is 0 Å². The highest BCUT2D eigenvalue weighted by Gasteiger charge is 2.09. The van der Waals surface area contributed by atoms with Gasteiger partial charge in [-0.2, -0.15) is 0 Å². The van der Waals surface area contributed by atoms with E-state index >= 15 is 0 Å². The maximum Gasteiger partial charge on any atom is 0.127 e. The van der Waals surface area contributed by atoms with Crippen LogP contribution in [0.1, 0.15) is 19.4 Å². The van der Waals surface area contributed by atoms with Crippen LogP contribution in [0.5, 0.6) is 0 Å². The van der Waals surface area contributed by atoms with E-state index in [1.54, 1.807) is 18.2 Å². The van der Waals surface area contributed by atoms with Crippen LogP contribution in [0.25, 0.3) is 11.1 Å². The Morgan fingerprint density at radius 3 is 2.50 bits per heavy atom. The first kappa shape index (κ1) is 15.3. The van der Waals surface area contributed by atoms with Crippen LogP contribution in [0.3, 0.4) is 0 Å². The average molecular weight is 312 g/mol. The lowest BCUT2D eigenvalue weighted by Gasteiger charge is -2.11. The van der Waals surface area contributed by atoms with Crippen LogP contribution in [0, 0.1) is 5.82 Å². The zero-order valence-electron chi connectivity index (χ0n) is 11.4. The highest BCUT2D eigenvalue weighted by molar-refractivity contribution is 6.36. The van der Waals surface area contributed by atoms with E-state index in [9.17, 15) is 4.39 Å². The van der Waals surface area contributed by atoms with Crippen molar-refractivity contribution in [2.75, 3.05) is 0 Å². The van der Waals surface area contributed by atoms with Gasteiger partial charge in [0, 0.05) is 33.8 Å². The summed E-state index contributed by atoms with van der Waals surface area (Å²) in [7, 11) is 0. The predicted octanol–water partition coefficient (Wildman–Crippen LogP) is 5.30. The molecule has 0 aliphatic heterocycles. The van der Waals surface area contributed by atoms with Gasteiger partial charge in [-0.1, -0.05) is 49.2 Å². The standard InChI is InChI=1S/C16H16Cl2FN/c1-10(2)20-9-12-7-11(3-6-16(12)19)14-5-4-13(17)8-15(14)18/h3-8,10,20H,9H2,1-2H3. The van der Waals surface area contributed by atoms with E-state index in [0.717, 1.165) is 11.1 Å². The van der Waals surface area contributed by atoms with Crippen LogP contribution in [0.15, 0.2) is 36.4 Å². The van der Waals surface area contributed by atoms with Gasteiger partial charge in [0.05, 0.1) is 0 Å². The summed E-state index contributed by atoms with van der Waals surface area (Å²) in [5.74, 6) is -0.216. The van der Waals surface area contributed by atoms with Crippen LogP contribution < -0.4 is 5.32 Å². The molecule has 0 spiro atoms. The Hall–Kier alpha value is -1.09. The molecule has 1 nitrogen and oxygen atoms in total. The molecule has 0 saturated carbocycles. The Bertz CT molecular complexity index is 611. The number of hydrogen-bond donors (Lipinski definition) is 1.